The Balaban J connectivity index is 1.82. The second kappa shape index (κ2) is 7.22. The topological polar surface area (TPSA) is 55.8 Å². The minimum atomic E-state index is -0.800. The third kappa shape index (κ3) is 3.92. The van der Waals surface area contributed by atoms with Gasteiger partial charge in [-0.3, -0.25) is 4.79 Å². The van der Waals surface area contributed by atoms with Gasteiger partial charge < -0.3 is 14.6 Å². The number of cyclic esters (lactones) is 1. The fourth-order valence-corrected chi connectivity index (χ4v) is 2.35. The van der Waals surface area contributed by atoms with E-state index in [1.54, 1.807) is 0 Å². The molecule has 20 heavy (non-hydrogen) atoms. The molecule has 1 aromatic rings. The van der Waals surface area contributed by atoms with E-state index in [1.807, 2.05) is 49.4 Å². The van der Waals surface area contributed by atoms with Crippen molar-refractivity contribution in [2.45, 2.75) is 32.2 Å². The first kappa shape index (κ1) is 14.8. The first-order chi connectivity index (χ1) is 9.70. The third-order valence-electron chi connectivity index (χ3n) is 3.31. The summed E-state index contributed by atoms with van der Waals surface area (Å²) < 4.78 is 10.7. The SMILES string of the molecule is C/C=C/[C@H]1CC(=O)O[C@@H]1[C@@H](O)COCc1ccccc1. The van der Waals surface area contributed by atoms with Crippen molar-refractivity contribution >= 4 is 5.97 Å². The van der Waals surface area contributed by atoms with Crippen LogP contribution in [0.4, 0.5) is 0 Å². The van der Waals surface area contributed by atoms with Crippen LogP contribution in [0.25, 0.3) is 0 Å². The number of rotatable bonds is 6. The van der Waals surface area contributed by atoms with Gasteiger partial charge in [-0.2, -0.15) is 0 Å². The number of esters is 1. The zero-order valence-electron chi connectivity index (χ0n) is 11.6. The number of aliphatic hydroxyl groups is 1. The molecule has 1 aliphatic heterocycles. The molecule has 3 atom stereocenters. The molecule has 1 N–H and O–H groups in total. The van der Waals surface area contributed by atoms with E-state index in [0.717, 1.165) is 5.56 Å². The van der Waals surface area contributed by atoms with Gasteiger partial charge in [-0.1, -0.05) is 42.5 Å². The lowest BCUT2D eigenvalue weighted by molar-refractivity contribution is -0.147. The van der Waals surface area contributed by atoms with Crippen molar-refractivity contribution in [3.8, 4) is 0 Å². The molecule has 0 aliphatic carbocycles. The second-order valence-corrected chi connectivity index (χ2v) is 4.92. The summed E-state index contributed by atoms with van der Waals surface area (Å²) in [5, 5.41) is 10.1. The van der Waals surface area contributed by atoms with Crippen molar-refractivity contribution in [3.63, 3.8) is 0 Å². The highest BCUT2D eigenvalue weighted by Crippen LogP contribution is 2.26. The Bertz CT molecular complexity index is 455. The molecule has 1 fully saturated rings. The number of aliphatic hydroxyl groups excluding tert-OH is 1. The standard InChI is InChI=1S/C16H20O4/c1-2-6-13-9-15(18)20-16(13)14(17)11-19-10-12-7-4-3-5-8-12/h2-8,13-14,16-17H,9-11H2,1H3/b6-2+/t13-,14-,16-/m0/s1. The van der Waals surface area contributed by atoms with E-state index in [2.05, 4.69) is 0 Å². The summed E-state index contributed by atoms with van der Waals surface area (Å²) in [7, 11) is 0. The van der Waals surface area contributed by atoms with Crippen molar-refractivity contribution in [2.24, 2.45) is 5.92 Å². The number of benzene rings is 1. The maximum Gasteiger partial charge on any atom is 0.306 e. The second-order valence-electron chi connectivity index (χ2n) is 4.92. The number of hydrogen-bond donors (Lipinski definition) is 1. The Morgan fingerprint density at radius 2 is 2.20 bits per heavy atom. The van der Waals surface area contributed by atoms with Gasteiger partial charge in [0.2, 0.25) is 0 Å². The van der Waals surface area contributed by atoms with Crippen molar-refractivity contribution < 1.29 is 19.4 Å². The summed E-state index contributed by atoms with van der Waals surface area (Å²) in [6.45, 7) is 2.48. The molecule has 4 heteroatoms. The summed E-state index contributed by atoms with van der Waals surface area (Å²) >= 11 is 0. The lowest BCUT2D eigenvalue weighted by atomic mass is 9.97. The molecular weight excluding hydrogens is 256 g/mol. The van der Waals surface area contributed by atoms with Gasteiger partial charge in [0.1, 0.15) is 12.2 Å². The van der Waals surface area contributed by atoms with Crippen LogP contribution in [0, 0.1) is 5.92 Å². The van der Waals surface area contributed by atoms with Crippen molar-refractivity contribution in [3.05, 3.63) is 48.0 Å². The summed E-state index contributed by atoms with van der Waals surface area (Å²) in [4.78, 5) is 11.3. The largest absolute Gasteiger partial charge is 0.459 e. The minimum absolute atomic E-state index is 0.0668. The van der Waals surface area contributed by atoms with Gasteiger partial charge in [0, 0.05) is 5.92 Å². The van der Waals surface area contributed by atoms with Crippen molar-refractivity contribution in [1.82, 2.24) is 0 Å². The number of ether oxygens (including phenoxy) is 2. The Morgan fingerprint density at radius 3 is 2.90 bits per heavy atom. The quantitative estimate of drug-likeness (QED) is 0.638. The Morgan fingerprint density at radius 1 is 1.45 bits per heavy atom. The predicted octanol–water partition coefficient (Wildman–Crippen LogP) is 2.07. The first-order valence-corrected chi connectivity index (χ1v) is 6.82. The fourth-order valence-electron chi connectivity index (χ4n) is 2.35. The third-order valence-corrected chi connectivity index (χ3v) is 3.31. The van der Waals surface area contributed by atoms with Gasteiger partial charge in [-0.15, -0.1) is 0 Å². The highest BCUT2D eigenvalue weighted by atomic mass is 16.6. The van der Waals surface area contributed by atoms with Crippen molar-refractivity contribution in [2.75, 3.05) is 6.61 Å². The molecule has 2 rings (SSSR count). The van der Waals surface area contributed by atoms with E-state index in [9.17, 15) is 9.90 Å². The van der Waals surface area contributed by atoms with Crippen LogP contribution in [0.2, 0.25) is 0 Å². The van der Waals surface area contributed by atoms with Gasteiger partial charge in [-0.25, -0.2) is 0 Å². The van der Waals surface area contributed by atoms with E-state index in [0.29, 0.717) is 13.0 Å². The van der Waals surface area contributed by atoms with Crippen molar-refractivity contribution in [1.29, 1.82) is 0 Å². The monoisotopic (exact) mass is 276 g/mol. The number of carbonyl (C=O) groups excluding carboxylic acids is 1. The Kier molecular flexibility index (Phi) is 5.32. The van der Waals surface area contributed by atoms with Crippen LogP contribution in [0.1, 0.15) is 18.9 Å². The molecule has 1 aliphatic rings. The highest BCUT2D eigenvalue weighted by molar-refractivity contribution is 5.72. The van der Waals surface area contributed by atoms with Gasteiger partial charge in [0.15, 0.2) is 0 Å². The number of allylic oxidation sites excluding steroid dienone is 1. The van der Waals surface area contributed by atoms with Crippen LogP contribution in [-0.4, -0.2) is 29.9 Å². The van der Waals surface area contributed by atoms with Crippen LogP contribution in [-0.2, 0) is 20.9 Å². The van der Waals surface area contributed by atoms with Gasteiger partial charge in [0.25, 0.3) is 0 Å². The lowest BCUT2D eigenvalue weighted by Gasteiger charge is -2.21. The molecular formula is C16H20O4. The van der Waals surface area contributed by atoms with Crippen LogP contribution >= 0.6 is 0 Å². The molecule has 0 spiro atoms. The van der Waals surface area contributed by atoms with Crippen LogP contribution < -0.4 is 0 Å². The smallest absolute Gasteiger partial charge is 0.306 e. The zero-order valence-corrected chi connectivity index (χ0v) is 11.6. The van der Waals surface area contributed by atoms with Gasteiger partial charge >= 0.3 is 5.97 Å². The summed E-state index contributed by atoms with van der Waals surface area (Å²) in [6.07, 6.45) is 2.79. The molecule has 1 saturated heterocycles. The normalized spacial score (nSPS) is 24.0. The lowest BCUT2D eigenvalue weighted by Crippen LogP contribution is -2.34. The van der Waals surface area contributed by atoms with Gasteiger partial charge in [-0.05, 0) is 12.5 Å². The molecule has 0 aromatic heterocycles. The Labute approximate surface area is 119 Å². The maximum absolute atomic E-state index is 11.3. The number of hydrogen-bond acceptors (Lipinski definition) is 4. The minimum Gasteiger partial charge on any atom is -0.459 e. The molecule has 0 bridgehead atoms. The molecule has 1 heterocycles. The average Bonchev–Trinajstić information content (AvgIpc) is 2.81. The fraction of sp³-hybridized carbons (Fsp3) is 0.438. The van der Waals surface area contributed by atoms with Crippen LogP contribution in [0.5, 0.6) is 0 Å². The average molecular weight is 276 g/mol. The van der Waals surface area contributed by atoms with E-state index in [1.165, 1.54) is 0 Å². The highest BCUT2D eigenvalue weighted by Gasteiger charge is 2.37. The van der Waals surface area contributed by atoms with E-state index >= 15 is 0 Å². The number of carbonyl (C=O) groups is 1. The summed E-state index contributed by atoms with van der Waals surface area (Å²) in [6, 6.07) is 9.75. The van der Waals surface area contributed by atoms with Crippen LogP contribution in [0.3, 0.4) is 0 Å². The van der Waals surface area contributed by atoms with E-state index in [4.69, 9.17) is 9.47 Å². The molecule has 108 valence electrons. The molecule has 0 saturated carbocycles. The predicted molar refractivity (Wildman–Crippen MR) is 74.9 cm³/mol. The summed E-state index contributed by atoms with van der Waals surface area (Å²) in [5.41, 5.74) is 1.05. The first-order valence-electron chi connectivity index (χ1n) is 6.82. The molecule has 1 aromatic carbocycles. The van der Waals surface area contributed by atoms with Crippen LogP contribution in [0.15, 0.2) is 42.5 Å². The van der Waals surface area contributed by atoms with E-state index < -0.39 is 12.2 Å². The molecule has 0 amide bonds. The summed E-state index contributed by atoms with van der Waals surface area (Å²) in [5.74, 6) is -0.331. The Hall–Kier alpha value is -1.65. The van der Waals surface area contributed by atoms with Gasteiger partial charge in [0.05, 0.1) is 19.6 Å². The van der Waals surface area contributed by atoms with E-state index in [-0.39, 0.29) is 18.5 Å². The zero-order chi connectivity index (χ0) is 14.4. The molecule has 0 radical (unpaired) electrons. The molecule has 0 unspecified atom stereocenters. The maximum atomic E-state index is 11.3. The molecule has 4 nitrogen and oxygen atoms in total.